The predicted molar refractivity (Wildman–Crippen MR) is 136 cm³/mol. The van der Waals surface area contributed by atoms with Gasteiger partial charge in [0.15, 0.2) is 6.61 Å². The molecular formula is C29H26N2O4. The molecule has 1 aliphatic rings. The van der Waals surface area contributed by atoms with Gasteiger partial charge < -0.3 is 14.5 Å². The number of fused-ring (bicyclic) bond motifs is 2. The number of aryl methyl sites for hydroxylation is 3. The second-order valence-corrected chi connectivity index (χ2v) is 8.91. The molecule has 5 rings (SSSR count). The number of pyridine rings is 1. The number of hydrogen-bond acceptors (Lipinski definition) is 5. The van der Waals surface area contributed by atoms with Crippen molar-refractivity contribution in [2.75, 3.05) is 11.9 Å². The molecule has 35 heavy (non-hydrogen) atoms. The molecule has 6 heteroatoms. The van der Waals surface area contributed by atoms with Gasteiger partial charge >= 0.3 is 5.97 Å². The van der Waals surface area contributed by atoms with Gasteiger partial charge in [-0.1, -0.05) is 35.9 Å². The molecule has 0 atom stereocenters. The monoisotopic (exact) mass is 466 g/mol. The number of para-hydroxylation sites is 1. The highest BCUT2D eigenvalue weighted by molar-refractivity contribution is 6.08. The lowest BCUT2D eigenvalue weighted by molar-refractivity contribution is -0.119. The van der Waals surface area contributed by atoms with Gasteiger partial charge in [-0.05, 0) is 80.2 Å². The van der Waals surface area contributed by atoms with Crippen LogP contribution in [0.25, 0.3) is 22.6 Å². The van der Waals surface area contributed by atoms with Gasteiger partial charge in [0.2, 0.25) is 0 Å². The SMILES string of the molecule is Cc1cc(C)c(NC(=O)COC(=O)c2c3c(nc4ccccc24)C(=Cc2ccco2)CC3)c(C)c1. The van der Waals surface area contributed by atoms with Crippen LogP contribution in [0.4, 0.5) is 5.69 Å². The number of nitrogens with zero attached hydrogens (tertiary/aromatic N) is 1. The number of anilines is 1. The summed E-state index contributed by atoms with van der Waals surface area (Å²) in [6.45, 7) is 5.54. The summed E-state index contributed by atoms with van der Waals surface area (Å²) in [7, 11) is 0. The number of carbonyl (C=O) groups is 2. The fourth-order valence-electron chi connectivity index (χ4n) is 4.81. The zero-order valence-corrected chi connectivity index (χ0v) is 20.0. The molecule has 1 amide bonds. The first-order chi connectivity index (χ1) is 16.9. The number of rotatable bonds is 5. The quantitative estimate of drug-likeness (QED) is 0.363. The van der Waals surface area contributed by atoms with Gasteiger partial charge in [0.1, 0.15) is 5.76 Å². The molecule has 2 aromatic heterocycles. The van der Waals surface area contributed by atoms with E-state index in [-0.39, 0.29) is 12.5 Å². The van der Waals surface area contributed by atoms with Crippen LogP contribution in [0.15, 0.2) is 59.2 Å². The van der Waals surface area contributed by atoms with Gasteiger partial charge in [-0.25, -0.2) is 9.78 Å². The third-order valence-corrected chi connectivity index (χ3v) is 6.28. The van der Waals surface area contributed by atoms with Crippen molar-refractivity contribution in [3.63, 3.8) is 0 Å². The number of allylic oxidation sites excluding steroid dienone is 1. The van der Waals surface area contributed by atoms with E-state index in [2.05, 4.69) is 5.32 Å². The number of aromatic nitrogens is 1. The first-order valence-electron chi connectivity index (χ1n) is 11.6. The van der Waals surface area contributed by atoms with Gasteiger partial charge in [-0.15, -0.1) is 0 Å². The summed E-state index contributed by atoms with van der Waals surface area (Å²) in [6.07, 6.45) is 5.00. The van der Waals surface area contributed by atoms with Crippen LogP contribution >= 0.6 is 0 Å². The number of nitrogens with one attached hydrogen (secondary N) is 1. The molecule has 0 unspecified atom stereocenters. The zero-order valence-electron chi connectivity index (χ0n) is 20.0. The Labute approximate surface area is 203 Å². The van der Waals surface area contributed by atoms with Gasteiger partial charge in [0.25, 0.3) is 5.91 Å². The van der Waals surface area contributed by atoms with Crippen molar-refractivity contribution in [2.24, 2.45) is 0 Å². The molecule has 0 saturated heterocycles. The summed E-state index contributed by atoms with van der Waals surface area (Å²) in [4.78, 5) is 30.8. The van der Waals surface area contributed by atoms with Gasteiger partial charge in [-0.3, -0.25) is 4.79 Å². The summed E-state index contributed by atoms with van der Waals surface area (Å²) in [5, 5.41) is 3.61. The first-order valence-corrected chi connectivity index (χ1v) is 11.6. The fourth-order valence-corrected chi connectivity index (χ4v) is 4.81. The lowest BCUT2D eigenvalue weighted by atomic mass is 10.0. The Kier molecular flexibility index (Phi) is 5.95. The zero-order chi connectivity index (χ0) is 24.5. The maximum Gasteiger partial charge on any atom is 0.339 e. The van der Waals surface area contributed by atoms with Crippen molar-refractivity contribution >= 4 is 40.1 Å². The summed E-state index contributed by atoms with van der Waals surface area (Å²) < 4.78 is 11.0. The molecular weight excluding hydrogens is 440 g/mol. The molecule has 0 bridgehead atoms. The van der Waals surface area contributed by atoms with Crippen LogP contribution < -0.4 is 5.32 Å². The molecule has 0 aliphatic heterocycles. The molecule has 176 valence electrons. The van der Waals surface area contributed by atoms with E-state index >= 15 is 0 Å². The Hall–Kier alpha value is -4.19. The van der Waals surface area contributed by atoms with Gasteiger partial charge in [0, 0.05) is 11.1 Å². The van der Waals surface area contributed by atoms with Crippen LogP contribution in [0.2, 0.25) is 0 Å². The van der Waals surface area contributed by atoms with Crippen molar-refractivity contribution in [2.45, 2.75) is 33.6 Å². The number of furan rings is 1. The Balaban J connectivity index is 1.42. The summed E-state index contributed by atoms with van der Waals surface area (Å²) in [5.74, 6) is -0.154. The minimum absolute atomic E-state index is 0.369. The van der Waals surface area contributed by atoms with E-state index in [1.165, 1.54) is 0 Å². The second kappa shape index (κ2) is 9.22. The van der Waals surface area contributed by atoms with Crippen LogP contribution in [0.3, 0.4) is 0 Å². The highest BCUT2D eigenvalue weighted by Gasteiger charge is 2.28. The number of carbonyl (C=O) groups excluding carboxylic acids is 2. The largest absolute Gasteiger partial charge is 0.465 e. The molecule has 0 radical (unpaired) electrons. The predicted octanol–water partition coefficient (Wildman–Crippen LogP) is 6.04. The summed E-state index contributed by atoms with van der Waals surface area (Å²) in [6, 6.07) is 15.3. The number of esters is 1. The third-order valence-electron chi connectivity index (χ3n) is 6.28. The van der Waals surface area contributed by atoms with Crippen LogP contribution in [0.1, 0.15) is 50.5 Å². The summed E-state index contributed by atoms with van der Waals surface area (Å²) in [5.41, 5.74) is 7.64. The van der Waals surface area contributed by atoms with E-state index in [9.17, 15) is 9.59 Å². The molecule has 6 nitrogen and oxygen atoms in total. The molecule has 0 saturated carbocycles. The van der Waals surface area contributed by atoms with Crippen molar-refractivity contribution in [3.8, 4) is 0 Å². The van der Waals surface area contributed by atoms with Crippen LogP contribution in [0.5, 0.6) is 0 Å². The second-order valence-electron chi connectivity index (χ2n) is 8.91. The van der Waals surface area contributed by atoms with Gasteiger partial charge in [-0.2, -0.15) is 0 Å². The van der Waals surface area contributed by atoms with E-state index in [4.69, 9.17) is 14.1 Å². The van der Waals surface area contributed by atoms with E-state index in [0.29, 0.717) is 17.5 Å². The topological polar surface area (TPSA) is 81.4 Å². The van der Waals surface area contributed by atoms with Gasteiger partial charge in [0.05, 0.1) is 23.0 Å². The normalized spacial score (nSPS) is 13.7. The minimum atomic E-state index is -0.522. The lowest BCUT2D eigenvalue weighted by Gasteiger charge is -2.14. The maximum absolute atomic E-state index is 13.3. The van der Waals surface area contributed by atoms with E-state index in [1.54, 1.807) is 6.26 Å². The number of ether oxygens (including phenoxy) is 1. The van der Waals surface area contributed by atoms with Crippen molar-refractivity contribution < 1.29 is 18.7 Å². The van der Waals surface area contributed by atoms with Crippen molar-refractivity contribution in [1.29, 1.82) is 0 Å². The standard InChI is InChI=1S/C29H26N2O4/c1-17-13-18(2)27(19(3)14-17)31-25(32)16-35-29(33)26-22-8-4-5-9-24(22)30-28-20(10-11-23(26)28)15-21-7-6-12-34-21/h4-9,12-15H,10-11,16H2,1-3H3,(H,31,32). The smallest absolute Gasteiger partial charge is 0.339 e. The molecule has 4 aromatic rings. The molecule has 2 heterocycles. The van der Waals surface area contributed by atoms with Crippen molar-refractivity contribution in [3.05, 3.63) is 94.1 Å². The minimum Gasteiger partial charge on any atom is -0.465 e. The maximum atomic E-state index is 13.3. The highest BCUT2D eigenvalue weighted by Crippen LogP contribution is 2.37. The molecule has 0 spiro atoms. The molecule has 2 aromatic carbocycles. The third kappa shape index (κ3) is 4.47. The Bertz CT molecular complexity index is 1460. The highest BCUT2D eigenvalue weighted by atomic mass is 16.5. The number of benzene rings is 2. The van der Waals surface area contributed by atoms with E-state index < -0.39 is 5.97 Å². The van der Waals surface area contributed by atoms with Crippen LogP contribution in [0, 0.1) is 20.8 Å². The van der Waals surface area contributed by atoms with E-state index in [1.807, 2.05) is 75.4 Å². The Morgan fingerprint density at radius 1 is 1.06 bits per heavy atom. The average Bonchev–Trinajstić information content (AvgIpc) is 3.49. The molecule has 0 fully saturated rings. The number of hydrogen-bond donors (Lipinski definition) is 1. The van der Waals surface area contributed by atoms with Crippen molar-refractivity contribution in [1.82, 2.24) is 4.98 Å². The lowest BCUT2D eigenvalue weighted by Crippen LogP contribution is -2.22. The fraction of sp³-hybridized carbons (Fsp3) is 0.207. The van der Waals surface area contributed by atoms with Crippen LogP contribution in [-0.2, 0) is 16.0 Å². The molecule has 1 N–H and O–H groups in total. The van der Waals surface area contributed by atoms with Crippen LogP contribution in [-0.4, -0.2) is 23.5 Å². The molecule has 1 aliphatic carbocycles. The van der Waals surface area contributed by atoms with E-state index in [0.717, 1.165) is 56.8 Å². The number of amides is 1. The Morgan fingerprint density at radius 2 is 1.83 bits per heavy atom. The first kappa shape index (κ1) is 22.6. The average molecular weight is 467 g/mol. The Morgan fingerprint density at radius 3 is 2.57 bits per heavy atom. The summed E-state index contributed by atoms with van der Waals surface area (Å²) >= 11 is 0.